The van der Waals surface area contributed by atoms with Gasteiger partial charge in [0.25, 0.3) is 0 Å². The fourth-order valence-corrected chi connectivity index (χ4v) is 1.76. The van der Waals surface area contributed by atoms with Gasteiger partial charge in [-0.2, -0.15) is 0 Å². The molecule has 0 bridgehead atoms. The summed E-state index contributed by atoms with van der Waals surface area (Å²) in [6.45, 7) is 2.18. The molecule has 2 aromatic rings. The van der Waals surface area contributed by atoms with Gasteiger partial charge < -0.3 is 10.5 Å². The summed E-state index contributed by atoms with van der Waals surface area (Å²) < 4.78 is 31.8. The first-order chi connectivity index (χ1) is 9.10. The van der Waals surface area contributed by atoms with E-state index in [1.165, 1.54) is 6.07 Å². The molecule has 19 heavy (non-hydrogen) atoms. The van der Waals surface area contributed by atoms with Crippen molar-refractivity contribution in [3.8, 4) is 5.75 Å². The van der Waals surface area contributed by atoms with Gasteiger partial charge in [0, 0.05) is 12.6 Å². The largest absolute Gasteiger partial charge is 0.481 e. The first-order valence-electron chi connectivity index (χ1n) is 5.98. The zero-order valence-electron chi connectivity index (χ0n) is 10.6. The van der Waals surface area contributed by atoms with Crippen LogP contribution in [-0.4, -0.2) is 6.54 Å². The molecule has 2 N–H and O–H groups in total. The molecule has 0 heterocycles. The van der Waals surface area contributed by atoms with Crippen molar-refractivity contribution < 1.29 is 13.5 Å². The number of hydrogen-bond donors (Lipinski definition) is 1. The summed E-state index contributed by atoms with van der Waals surface area (Å²) in [6.07, 6.45) is -0.458. The number of halogens is 2. The monoisotopic (exact) mass is 263 g/mol. The van der Waals surface area contributed by atoms with Crippen molar-refractivity contribution in [2.45, 2.75) is 13.0 Å². The Morgan fingerprint density at radius 1 is 1.11 bits per heavy atom. The van der Waals surface area contributed by atoms with Crippen LogP contribution in [0.25, 0.3) is 0 Å². The third-order valence-electron chi connectivity index (χ3n) is 2.83. The highest BCUT2D eigenvalue weighted by atomic mass is 19.1. The van der Waals surface area contributed by atoms with E-state index in [0.29, 0.717) is 0 Å². The van der Waals surface area contributed by atoms with Crippen LogP contribution in [0.4, 0.5) is 8.78 Å². The standard InChI is InChI=1S/C15H15F2NO/c1-10-2-4-11(5-3-10)15(9-18)19-14-7-6-12(16)8-13(14)17/h2-8,15H,9,18H2,1H3. The maximum atomic E-state index is 13.5. The quantitative estimate of drug-likeness (QED) is 0.918. The lowest BCUT2D eigenvalue weighted by Gasteiger charge is -2.18. The Morgan fingerprint density at radius 2 is 1.79 bits per heavy atom. The van der Waals surface area contributed by atoms with Crippen LogP contribution >= 0.6 is 0 Å². The Kier molecular flexibility index (Phi) is 4.12. The second kappa shape index (κ2) is 5.80. The molecule has 0 aliphatic rings. The minimum atomic E-state index is -0.731. The van der Waals surface area contributed by atoms with Crippen LogP contribution in [0.15, 0.2) is 42.5 Å². The van der Waals surface area contributed by atoms with E-state index in [1.807, 2.05) is 31.2 Å². The number of benzene rings is 2. The topological polar surface area (TPSA) is 35.2 Å². The molecule has 2 rings (SSSR count). The van der Waals surface area contributed by atoms with Gasteiger partial charge in [-0.3, -0.25) is 0 Å². The van der Waals surface area contributed by atoms with Gasteiger partial charge in [0.15, 0.2) is 11.6 Å². The highest BCUT2D eigenvalue weighted by Gasteiger charge is 2.14. The maximum Gasteiger partial charge on any atom is 0.168 e. The number of rotatable bonds is 4. The first-order valence-corrected chi connectivity index (χ1v) is 5.98. The van der Waals surface area contributed by atoms with Gasteiger partial charge in [-0.1, -0.05) is 29.8 Å². The van der Waals surface area contributed by atoms with Crippen LogP contribution in [0.5, 0.6) is 5.75 Å². The molecule has 100 valence electrons. The summed E-state index contributed by atoms with van der Waals surface area (Å²) in [5.74, 6) is -1.37. The average Bonchev–Trinajstić information content (AvgIpc) is 2.39. The molecule has 1 unspecified atom stereocenters. The molecule has 2 aromatic carbocycles. The third-order valence-corrected chi connectivity index (χ3v) is 2.83. The van der Waals surface area contributed by atoms with Crippen molar-refractivity contribution >= 4 is 0 Å². The number of nitrogens with two attached hydrogens (primary N) is 1. The number of hydrogen-bond acceptors (Lipinski definition) is 2. The van der Waals surface area contributed by atoms with E-state index in [2.05, 4.69) is 0 Å². The molecule has 0 aliphatic carbocycles. The van der Waals surface area contributed by atoms with Crippen LogP contribution in [0, 0.1) is 18.6 Å². The van der Waals surface area contributed by atoms with E-state index in [4.69, 9.17) is 10.5 Å². The molecule has 0 amide bonds. The van der Waals surface area contributed by atoms with Crippen molar-refractivity contribution in [2.75, 3.05) is 6.54 Å². The van der Waals surface area contributed by atoms with Crippen LogP contribution < -0.4 is 10.5 Å². The normalized spacial score (nSPS) is 12.2. The Labute approximate surface area is 110 Å². The predicted molar refractivity (Wildman–Crippen MR) is 70.0 cm³/mol. The summed E-state index contributed by atoms with van der Waals surface area (Å²) in [4.78, 5) is 0. The van der Waals surface area contributed by atoms with Gasteiger partial charge in [0.1, 0.15) is 11.9 Å². The van der Waals surface area contributed by atoms with Crippen molar-refractivity contribution in [1.82, 2.24) is 0 Å². The Hall–Kier alpha value is -1.94. The van der Waals surface area contributed by atoms with Gasteiger partial charge in [0.2, 0.25) is 0 Å². The van der Waals surface area contributed by atoms with Gasteiger partial charge in [-0.05, 0) is 24.6 Å². The van der Waals surface area contributed by atoms with E-state index in [0.717, 1.165) is 23.3 Å². The molecule has 4 heteroatoms. The lowest BCUT2D eigenvalue weighted by Crippen LogP contribution is -2.19. The predicted octanol–water partition coefficient (Wildman–Crippen LogP) is 3.35. The highest BCUT2D eigenvalue weighted by Crippen LogP contribution is 2.24. The summed E-state index contributed by atoms with van der Waals surface area (Å²) >= 11 is 0. The number of aryl methyl sites for hydroxylation is 1. The maximum absolute atomic E-state index is 13.5. The SMILES string of the molecule is Cc1ccc(C(CN)Oc2ccc(F)cc2F)cc1. The summed E-state index contributed by atoms with van der Waals surface area (Å²) in [6, 6.07) is 10.8. The molecule has 0 aliphatic heterocycles. The Balaban J connectivity index is 2.21. The van der Waals surface area contributed by atoms with Crippen LogP contribution in [-0.2, 0) is 0 Å². The lowest BCUT2D eigenvalue weighted by atomic mass is 10.1. The van der Waals surface area contributed by atoms with E-state index >= 15 is 0 Å². The van der Waals surface area contributed by atoms with Crippen molar-refractivity contribution in [3.63, 3.8) is 0 Å². The van der Waals surface area contributed by atoms with Crippen molar-refractivity contribution in [1.29, 1.82) is 0 Å². The van der Waals surface area contributed by atoms with Gasteiger partial charge >= 0.3 is 0 Å². The second-order valence-electron chi connectivity index (χ2n) is 4.33. The fraction of sp³-hybridized carbons (Fsp3) is 0.200. The van der Waals surface area contributed by atoms with Crippen LogP contribution in [0.2, 0.25) is 0 Å². The van der Waals surface area contributed by atoms with Crippen LogP contribution in [0.3, 0.4) is 0 Å². The van der Waals surface area contributed by atoms with E-state index < -0.39 is 17.7 Å². The first kappa shape index (κ1) is 13.5. The lowest BCUT2D eigenvalue weighted by molar-refractivity contribution is 0.204. The summed E-state index contributed by atoms with van der Waals surface area (Å²) in [5, 5.41) is 0. The van der Waals surface area contributed by atoms with E-state index in [-0.39, 0.29) is 12.3 Å². The fourth-order valence-electron chi connectivity index (χ4n) is 1.76. The zero-order valence-corrected chi connectivity index (χ0v) is 10.6. The van der Waals surface area contributed by atoms with Crippen molar-refractivity contribution in [3.05, 3.63) is 65.2 Å². The smallest absolute Gasteiger partial charge is 0.168 e. The van der Waals surface area contributed by atoms with Crippen LogP contribution in [0.1, 0.15) is 17.2 Å². The summed E-state index contributed by atoms with van der Waals surface area (Å²) in [5.41, 5.74) is 7.63. The number of ether oxygens (including phenoxy) is 1. The average molecular weight is 263 g/mol. The van der Waals surface area contributed by atoms with E-state index in [9.17, 15) is 8.78 Å². The van der Waals surface area contributed by atoms with Gasteiger partial charge in [-0.25, -0.2) is 8.78 Å². The van der Waals surface area contributed by atoms with Gasteiger partial charge in [0.05, 0.1) is 0 Å². The highest BCUT2D eigenvalue weighted by molar-refractivity contribution is 5.28. The van der Waals surface area contributed by atoms with Gasteiger partial charge in [-0.15, -0.1) is 0 Å². The molecule has 0 saturated heterocycles. The molecule has 0 spiro atoms. The minimum absolute atomic E-state index is 0.00238. The van der Waals surface area contributed by atoms with Crippen molar-refractivity contribution in [2.24, 2.45) is 5.73 Å². The molecule has 1 atom stereocenters. The minimum Gasteiger partial charge on any atom is -0.481 e. The molecule has 0 aromatic heterocycles. The molecular formula is C15H15F2NO. The van der Waals surface area contributed by atoms with E-state index in [1.54, 1.807) is 0 Å². The molecule has 2 nitrogen and oxygen atoms in total. The molecule has 0 saturated carbocycles. The second-order valence-corrected chi connectivity index (χ2v) is 4.33. The Bertz CT molecular complexity index is 555. The Morgan fingerprint density at radius 3 is 2.37 bits per heavy atom. The zero-order chi connectivity index (χ0) is 13.8. The molecular weight excluding hydrogens is 248 g/mol. The molecule has 0 radical (unpaired) electrons. The summed E-state index contributed by atoms with van der Waals surface area (Å²) in [7, 11) is 0. The third kappa shape index (κ3) is 3.29. The molecule has 0 fully saturated rings.